The van der Waals surface area contributed by atoms with Gasteiger partial charge in [0, 0.05) is 51.0 Å². The third kappa shape index (κ3) is 5.00. The molecular formula is C19H30N4O3S. The topological polar surface area (TPSA) is 73.0 Å². The summed E-state index contributed by atoms with van der Waals surface area (Å²) in [4.78, 5) is 16.4. The number of hydrogen-bond acceptors (Lipinski definition) is 5. The number of rotatable bonds is 5. The van der Waals surface area contributed by atoms with Crippen molar-refractivity contribution in [3.63, 3.8) is 0 Å². The van der Waals surface area contributed by atoms with Gasteiger partial charge in [0.25, 0.3) is 0 Å². The Morgan fingerprint density at radius 2 is 1.93 bits per heavy atom. The second kappa shape index (κ2) is 8.58. The van der Waals surface area contributed by atoms with Gasteiger partial charge in [-0.15, -0.1) is 0 Å². The smallest absolute Gasteiger partial charge is 0.239 e. The molecule has 0 spiro atoms. The zero-order valence-corrected chi connectivity index (χ0v) is 17.0. The minimum absolute atomic E-state index is 0.253. The molecule has 2 aliphatic rings. The van der Waals surface area contributed by atoms with Crippen LogP contribution in [0.5, 0.6) is 0 Å². The average molecular weight is 395 g/mol. The second-order valence-electron chi connectivity index (χ2n) is 7.45. The molecule has 2 saturated heterocycles. The van der Waals surface area contributed by atoms with Gasteiger partial charge >= 0.3 is 0 Å². The van der Waals surface area contributed by atoms with Crippen molar-refractivity contribution in [2.24, 2.45) is 0 Å². The molecule has 1 amide bonds. The van der Waals surface area contributed by atoms with E-state index in [4.69, 9.17) is 0 Å². The lowest BCUT2D eigenvalue weighted by Crippen LogP contribution is -2.52. The van der Waals surface area contributed by atoms with E-state index in [0.29, 0.717) is 39.3 Å². The molecule has 0 saturated carbocycles. The van der Waals surface area contributed by atoms with Gasteiger partial charge in [-0.05, 0) is 44.5 Å². The lowest BCUT2D eigenvalue weighted by atomic mass is 10.1. The van der Waals surface area contributed by atoms with Gasteiger partial charge < -0.3 is 15.1 Å². The number of likely N-dealkylation sites (tertiary alicyclic amines) is 1. The van der Waals surface area contributed by atoms with E-state index < -0.39 is 15.8 Å². The monoisotopic (exact) mass is 394 g/mol. The lowest BCUT2D eigenvalue weighted by Gasteiger charge is -2.36. The van der Waals surface area contributed by atoms with E-state index in [2.05, 4.69) is 35.3 Å². The highest BCUT2D eigenvalue weighted by atomic mass is 32.2. The summed E-state index contributed by atoms with van der Waals surface area (Å²) in [6.45, 7) is 5.41. The number of nitrogens with one attached hydrogen (secondary N) is 1. The summed E-state index contributed by atoms with van der Waals surface area (Å²) in [5, 5.41) is 3.18. The number of nitrogens with zero attached hydrogens (tertiary/aromatic N) is 3. The van der Waals surface area contributed by atoms with Crippen LogP contribution in [0.4, 0.5) is 5.69 Å². The zero-order valence-electron chi connectivity index (χ0n) is 16.2. The number of likely N-dealkylation sites (N-methyl/N-ethyl adjacent to an activating group) is 1. The van der Waals surface area contributed by atoms with Crippen LogP contribution in [0.15, 0.2) is 24.3 Å². The number of carbonyl (C=O) groups excluding carboxylic acids is 1. The summed E-state index contributed by atoms with van der Waals surface area (Å²) < 4.78 is 26.9. The Kier molecular flexibility index (Phi) is 6.39. The molecule has 1 aromatic carbocycles. The van der Waals surface area contributed by atoms with Crippen LogP contribution < -0.4 is 10.2 Å². The molecule has 0 bridgehead atoms. The normalized spacial score (nSPS) is 22.1. The van der Waals surface area contributed by atoms with Gasteiger partial charge in [0.05, 0.1) is 0 Å². The Morgan fingerprint density at radius 1 is 1.19 bits per heavy atom. The number of anilines is 1. The summed E-state index contributed by atoms with van der Waals surface area (Å²) in [5.41, 5.74) is 2.31. The van der Waals surface area contributed by atoms with Gasteiger partial charge in [0.2, 0.25) is 15.9 Å². The Hall–Kier alpha value is -1.64. The Labute approximate surface area is 162 Å². The van der Waals surface area contributed by atoms with Crippen molar-refractivity contribution in [2.75, 3.05) is 57.0 Å². The van der Waals surface area contributed by atoms with Crippen molar-refractivity contribution in [1.82, 2.24) is 14.5 Å². The van der Waals surface area contributed by atoms with Gasteiger partial charge in [-0.25, -0.2) is 8.42 Å². The number of hydrogen-bond donors (Lipinski definition) is 1. The van der Waals surface area contributed by atoms with E-state index in [1.165, 1.54) is 9.87 Å². The Balaban J connectivity index is 1.56. The van der Waals surface area contributed by atoms with E-state index >= 15 is 0 Å². The second-order valence-corrected chi connectivity index (χ2v) is 9.42. The summed E-state index contributed by atoms with van der Waals surface area (Å²) in [7, 11) is -1.70. The fourth-order valence-electron chi connectivity index (χ4n) is 3.83. The lowest BCUT2D eigenvalue weighted by molar-refractivity contribution is -0.129. The molecule has 150 valence electrons. The zero-order chi connectivity index (χ0) is 19.4. The molecule has 2 fully saturated rings. The molecule has 1 atom stereocenters. The van der Waals surface area contributed by atoms with E-state index in [9.17, 15) is 13.2 Å². The van der Waals surface area contributed by atoms with Crippen LogP contribution in [-0.2, 0) is 14.8 Å². The first-order valence-corrected chi connectivity index (χ1v) is 11.2. The van der Waals surface area contributed by atoms with Crippen LogP contribution in [0.2, 0.25) is 0 Å². The standard InChI is InChI=1S/C19H30N4O3S/c1-16-5-3-7-18(13-16)21-9-11-23(12-10-21)27(25,26)15-19(24)22-8-4-6-17(14-22)20-2/h3,5,7,13,17,20H,4,6,8-12,14-15H2,1-2H3. The van der Waals surface area contributed by atoms with Crippen molar-refractivity contribution < 1.29 is 13.2 Å². The molecule has 8 heteroatoms. The first-order chi connectivity index (χ1) is 12.9. The fraction of sp³-hybridized carbons (Fsp3) is 0.632. The van der Waals surface area contributed by atoms with E-state index in [1.807, 2.05) is 13.1 Å². The van der Waals surface area contributed by atoms with E-state index in [-0.39, 0.29) is 11.9 Å². The maximum absolute atomic E-state index is 12.7. The van der Waals surface area contributed by atoms with Crippen molar-refractivity contribution >= 4 is 21.6 Å². The van der Waals surface area contributed by atoms with Gasteiger partial charge in [-0.1, -0.05) is 12.1 Å². The van der Waals surface area contributed by atoms with Crippen molar-refractivity contribution in [3.05, 3.63) is 29.8 Å². The summed E-state index contributed by atoms with van der Waals surface area (Å²) in [6, 6.07) is 8.49. The number of amides is 1. The number of aryl methyl sites for hydroxylation is 1. The third-order valence-corrected chi connectivity index (χ3v) is 7.25. The van der Waals surface area contributed by atoms with Crippen molar-refractivity contribution in [2.45, 2.75) is 25.8 Å². The first kappa shape index (κ1) is 20.1. The quantitative estimate of drug-likeness (QED) is 0.794. The van der Waals surface area contributed by atoms with Crippen LogP contribution in [0.3, 0.4) is 0 Å². The number of sulfonamides is 1. The Bertz CT molecular complexity index is 760. The summed E-state index contributed by atoms with van der Waals surface area (Å²) >= 11 is 0. The molecule has 1 aromatic rings. The predicted octanol–water partition coefficient (Wildman–Crippen LogP) is 0.657. The van der Waals surface area contributed by atoms with Gasteiger partial charge in [-0.3, -0.25) is 4.79 Å². The average Bonchev–Trinajstić information content (AvgIpc) is 2.68. The van der Waals surface area contributed by atoms with Crippen LogP contribution >= 0.6 is 0 Å². The fourth-order valence-corrected chi connectivity index (χ4v) is 5.22. The van der Waals surface area contributed by atoms with E-state index in [1.54, 1.807) is 4.90 Å². The maximum Gasteiger partial charge on any atom is 0.239 e. The highest BCUT2D eigenvalue weighted by molar-refractivity contribution is 7.89. The van der Waals surface area contributed by atoms with E-state index in [0.717, 1.165) is 18.5 Å². The van der Waals surface area contributed by atoms with Crippen molar-refractivity contribution in [1.29, 1.82) is 0 Å². The molecule has 3 rings (SSSR count). The van der Waals surface area contributed by atoms with Gasteiger partial charge in [0.15, 0.2) is 0 Å². The highest BCUT2D eigenvalue weighted by Crippen LogP contribution is 2.19. The van der Waals surface area contributed by atoms with Crippen LogP contribution in [0.25, 0.3) is 0 Å². The number of carbonyl (C=O) groups is 1. The molecule has 2 aliphatic heterocycles. The molecule has 0 aromatic heterocycles. The summed E-state index contributed by atoms with van der Waals surface area (Å²) in [5.74, 6) is -0.704. The molecule has 1 unspecified atom stereocenters. The van der Waals surface area contributed by atoms with Gasteiger partial charge in [-0.2, -0.15) is 4.31 Å². The molecule has 0 radical (unpaired) electrons. The first-order valence-electron chi connectivity index (χ1n) is 9.63. The maximum atomic E-state index is 12.7. The van der Waals surface area contributed by atoms with Gasteiger partial charge in [0.1, 0.15) is 5.75 Å². The van der Waals surface area contributed by atoms with Crippen LogP contribution in [0, 0.1) is 6.92 Å². The minimum Gasteiger partial charge on any atom is -0.369 e. The molecule has 1 N–H and O–H groups in total. The molecule has 27 heavy (non-hydrogen) atoms. The number of piperidine rings is 1. The van der Waals surface area contributed by atoms with Crippen LogP contribution in [-0.4, -0.2) is 81.6 Å². The number of piperazine rings is 1. The SMILES string of the molecule is CNC1CCCN(C(=O)CS(=O)(=O)N2CCN(c3cccc(C)c3)CC2)C1. The largest absolute Gasteiger partial charge is 0.369 e. The summed E-state index contributed by atoms with van der Waals surface area (Å²) in [6.07, 6.45) is 1.93. The minimum atomic E-state index is -3.57. The molecular weight excluding hydrogens is 364 g/mol. The Morgan fingerprint density at radius 3 is 2.59 bits per heavy atom. The molecule has 0 aliphatic carbocycles. The molecule has 7 nitrogen and oxygen atoms in total. The number of benzene rings is 1. The van der Waals surface area contributed by atoms with Crippen molar-refractivity contribution in [3.8, 4) is 0 Å². The third-order valence-electron chi connectivity index (χ3n) is 5.49. The highest BCUT2D eigenvalue weighted by Gasteiger charge is 2.32. The van der Waals surface area contributed by atoms with Crippen LogP contribution in [0.1, 0.15) is 18.4 Å². The predicted molar refractivity (Wildman–Crippen MR) is 107 cm³/mol. The molecule has 2 heterocycles.